The minimum absolute atomic E-state index is 0.0742. The van der Waals surface area contributed by atoms with Gasteiger partial charge < -0.3 is 15.1 Å². The molecule has 1 aliphatic heterocycles. The third-order valence-corrected chi connectivity index (χ3v) is 6.05. The molecule has 0 radical (unpaired) electrons. The molecule has 0 aliphatic carbocycles. The maximum atomic E-state index is 13.5. The Bertz CT molecular complexity index is 1490. The number of oxazole rings is 1. The first-order valence-corrected chi connectivity index (χ1v) is 11.2. The van der Waals surface area contributed by atoms with E-state index in [9.17, 15) is 22.4 Å². The van der Waals surface area contributed by atoms with Gasteiger partial charge in [-0.25, -0.2) is 9.67 Å². The van der Waals surface area contributed by atoms with Gasteiger partial charge in [-0.2, -0.15) is 27.8 Å². The van der Waals surface area contributed by atoms with Gasteiger partial charge in [-0.3, -0.25) is 9.18 Å². The number of alkyl halides is 4. The summed E-state index contributed by atoms with van der Waals surface area (Å²) in [6, 6.07) is 5.44. The van der Waals surface area contributed by atoms with Gasteiger partial charge in [-0.15, -0.1) is 0 Å². The zero-order chi connectivity index (χ0) is 25.7. The highest BCUT2D eigenvalue weighted by atomic mass is 19.4. The average molecular weight is 505 g/mol. The minimum atomic E-state index is -4.71. The molecule has 0 spiro atoms. The summed E-state index contributed by atoms with van der Waals surface area (Å²) in [5, 5.41) is 6.20. The first-order chi connectivity index (χ1) is 17.1. The predicted molar refractivity (Wildman–Crippen MR) is 123 cm³/mol. The van der Waals surface area contributed by atoms with Crippen LogP contribution in [-0.2, 0) is 24.9 Å². The second-order valence-electron chi connectivity index (χ2n) is 9.29. The largest absolute Gasteiger partial charge is 0.430 e. The van der Waals surface area contributed by atoms with Crippen molar-refractivity contribution in [1.29, 1.82) is 0 Å². The summed E-state index contributed by atoms with van der Waals surface area (Å²) in [7, 11) is 0. The molecule has 0 amide bonds. The van der Waals surface area contributed by atoms with E-state index < -0.39 is 30.4 Å². The average Bonchev–Trinajstić information content (AvgIpc) is 3.42. The fourth-order valence-corrected chi connectivity index (χ4v) is 4.02. The summed E-state index contributed by atoms with van der Waals surface area (Å²) >= 11 is 0. The van der Waals surface area contributed by atoms with Gasteiger partial charge in [-0.05, 0) is 36.2 Å². The van der Waals surface area contributed by atoms with Gasteiger partial charge >= 0.3 is 12.2 Å². The summed E-state index contributed by atoms with van der Waals surface area (Å²) in [5.74, 6) is 0.0742. The van der Waals surface area contributed by atoms with Crippen molar-refractivity contribution in [2.45, 2.75) is 44.9 Å². The van der Waals surface area contributed by atoms with E-state index in [1.54, 1.807) is 13.8 Å². The number of aromatic nitrogens is 5. The van der Waals surface area contributed by atoms with E-state index in [0.29, 0.717) is 10.4 Å². The van der Waals surface area contributed by atoms with Gasteiger partial charge in [-0.1, -0.05) is 19.9 Å². The normalized spacial score (nSPS) is 14.3. The maximum absolute atomic E-state index is 13.5. The monoisotopic (exact) mass is 505 g/mol. The van der Waals surface area contributed by atoms with Crippen molar-refractivity contribution >= 4 is 22.7 Å². The van der Waals surface area contributed by atoms with Crippen LogP contribution in [0.4, 0.5) is 29.2 Å². The van der Waals surface area contributed by atoms with Crippen molar-refractivity contribution in [2.24, 2.45) is 0 Å². The number of benzene rings is 1. The van der Waals surface area contributed by atoms with Crippen molar-refractivity contribution < 1.29 is 22.0 Å². The minimum Gasteiger partial charge on any atom is -0.430 e. The van der Waals surface area contributed by atoms with Crippen LogP contribution in [0.25, 0.3) is 17.0 Å². The molecule has 190 valence electrons. The van der Waals surface area contributed by atoms with Crippen molar-refractivity contribution in [3.05, 3.63) is 57.8 Å². The fraction of sp³-hybridized carbons (Fsp3) is 0.391. The lowest BCUT2D eigenvalue weighted by Crippen LogP contribution is -2.30. The number of halogens is 4. The smallest absolute Gasteiger partial charge is 0.408 e. The Labute approximate surface area is 202 Å². The van der Waals surface area contributed by atoms with Crippen LogP contribution in [0.1, 0.15) is 30.7 Å². The van der Waals surface area contributed by atoms with Gasteiger partial charge in [0, 0.05) is 23.8 Å². The Hall–Kier alpha value is -3.74. The SMILES string of the molecule is CC(C)(CF)c1coc(-n2c3nc(Nc4ccc5c(c4)CCNC5)ncc3c(=O)n2CC(F)(F)F)n1. The number of nitrogens with one attached hydrogen (secondary N) is 2. The molecule has 1 aromatic carbocycles. The zero-order valence-electron chi connectivity index (χ0n) is 19.5. The quantitative estimate of drug-likeness (QED) is 0.385. The molecule has 9 nitrogen and oxygen atoms in total. The Morgan fingerprint density at radius 1 is 1.19 bits per heavy atom. The van der Waals surface area contributed by atoms with Crippen LogP contribution in [-0.4, -0.2) is 43.7 Å². The summed E-state index contributed by atoms with van der Waals surface area (Å²) < 4.78 is 60.3. The van der Waals surface area contributed by atoms with Crippen LogP contribution >= 0.6 is 0 Å². The van der Waals surface area contributed by atoms with Crippen LogP contribution in [0, 0.1) is 0 Å². The third-order valence-electron chi connectivity index (χ3n) is 6.05. The van der Waals surface area contributed by atoms with E-state index in [1.165, 1.54) is 5.56 Å². The molecule has 0 atom stereocenters. The van der Waals surface area contributed by atoms with Crippen molar-refractivity contribution in [1.82, 2.24) is 29.6 Å². The Morgan fingerprint density at radius 3 is 2.75 bits per heavy atom. The van der Waals surface area contributed by atoms with E-state index in [0.717, 1.165) is 42.2 Å². The molecule has 0 saturated heterocycles. The molecule has 5 rings (SSSR count). The first kappa shape index (κ1) is 24.0. The van der Waals surface area contributed by atoms with Crippen LogP contribution in [0.5, 0.6) is 0 Å². The Morgan fingerprint density at radius 2 is 2.00 bits per heavy atom. The number of fused-ring (bicyclic) bond motifs is 2. The predicted octanol–water partition coefficient (Wildman–Crippen LogP) is 3.77. The first-order valence-electron chi connectivity index (χ1n) is 11.2. The molecule has 4 heterocycles. The standard InChI is InChI=1S/C23H23F4N7O2/c1-22(2,11-24)17-10-36-21(31-17)34-18-16(19(35)33(34)12-23(25,26)27)9-29-20(32-18)30-15-4-3-14-8-28-6-5-13(14)7-15/h3-4,7,9-10,28H,5-6,8,11-12H2,1-2H3,(H,29,30,32). The van der Waals surface area contributed by atoms with E-state index in [4.69, 9.17) is 4.42 Å². The number of anilines is 2. The fourth-order valence-electron chi connectivity index (χ4n) is 4.02. The van der Waals surface area contributed by atoms with Gasteiger partial charge in [0.05, 0.1) is 5.69 Å². The summed E-state index contributed by atoms with van der Waals surface area (Å²) in [6.45, 7) is 2.40. The molecule has 0 saturated carbocycles. The number of nitrogens with zero attached hydrogens (tertiary/aromatic N) is 5. The Balaban J connectivity index is 1.61. The molecule has 4 aromatic rings. The second-order valence-corrected chi connectivity index (χ2v) is 9.29. The Kier molecular flexibility index (Phi) is 5.81. The zero-order valence-corrected chi connectivity index (χ0v) is 19.5. The number of rotatable bonds is 6. The molecule has 1 aliphatic rings. The lowest BCUT2D eigenvalue weighted by atomic mass is 9.92. The van der Waals surface area contributed by atoms with Gasteiger partial charge in [0.25, 0.3) is 5.56 Å². The molecule has 2 N–H and O–H groups in total. The van der Waals surface area contributed by atoms with Crippen molar-refractivity contribution in [3.63, 3.8) is 0 Å². The van der Waals surface area contributed by atoms with Crippen LogP contribution < -0.4 is 16.2 Å². The highest BCUT2D eigenvalue weighted by Crippen LogP contribution is 2.27. The van der Waals surface area contributed by atoms with Gasteiger partial charge in [0.1, 0.15) is 24.9 Å². The molecule has 36 heavy (non-hydrogen) atoms. The molecule has 0 fully saturated rings. The lowest BCUT2D eigenvalue weighted by molar-refractivity contribution is -0.144. The van der Waals surface area contributed by atoms with Crippen LogP contribution in [0.15, 0.2) is 39.9 Å². The summed E-state index contributed by atoms with van der Waals surface area (Å²) in [6.07, 6.45) is -1.54. The highest BCUT2D eigenvalue weighted by molar-refractivity contribution is 5.76. The van der Waals surface area contributed by atoms with Crippen LogP contribution in [0.2, 0.25) is 0 Å². The van der Waals surface area contributed by atoms with Gasteiger partial charge in [0.15, 0.2) is 5.65 Å². The molecular weight excluding hydrogens is 482 g/mol. The number of hydrogen-bond acceptors (Lipinski definition) is 7. The topological polar surface area (TPSA) is 103 Å². The molecular formula is C23H23F4N7O2. The van der Waals surface area contributed by atoms with E-state index in [2.05, 4.69) is 25.6 Å². The van der Waals surface area contributed by atoms with E-state index in [-0.39, 0.29) is 28.7 Å². The third kappa shape index (κ3) is 4.45. The van der Waals surface area contributed by atoms with E-state index in [1.807, 2.05) is 18.2 Å². The van der Waals surface area contributed by atoms with Crippen molar-refractivity contribution in [2.75, 3.05) is 18.5 Å². The van der Waals surface area contributed by atoms with E-state index >= 15 is 0 Å². The van der Waals surface area contributed by atoms with Crippen LogP contribution in [0.3, 0.4) is 0 Å². The van der Waals surface area contributed by atoms with Gasteiger partial charge in [0.2, 0.25) is 5.95 Å². The summed E-state index contributed by atoms with van der Waals surface area (Å²) in [4.78, 5) is 25.5. The summed E-state index contributed by atoms with van der Waals surface area (Å²) in [5.41, 5.74) is 1.09. The molecule has 3 aromatic heterocycles. The van der Waals surface area contributed by atoms with Crippen molar-refractivity contribution in [3.8, 4) is 6.01 Å². The lowest BCUT2D eigenvalue weighted by Gasteiger charge is -2.18. The highest BCUT2D eigenvalue weighted by Gasteiger charge is 2.33. The maximum Gasteiger partial charge on any atom is 0.408 e. The number of hydrogen-bond donors (Lipinski definition) is 2. The molecule has 0 bridgehead atoms. The molecule has 0 unspecified atom stereocenters. The second kappa shape index (κ2) is 8.73. The molecule has 13 heteroatoms.